The van der Waals surface area contributed by atoms with E-state index in [1.165, 1.54) is 0 Å². The molecule has 0 radical (unpaired) electrons. The van der Waals surface area contributed by atoms with Crippen molar-refractivity contribution in [1.82, 2.24) is 19.5 Å². The lowest BCUT2D eigenvalue weighted by atomic mass is 10.6. The molecule has 5 heteroatoms. The fraction of sp³-hybridized carbons (Fsp3) is 0.125. The second-order valence-corrected chi connectivity index (χ2v) is 3.41. The lowest BCUT2D eigenvalue weighted by molar-refractivity contribution is 0.916. The minimum Gasteiger partial charge on any atom is -0.274 e. The molecule has 0 fully saturated rings. The van der Waals surface area contributed by atoms with Gasteiger partial charge in [-0.25, -0.2) is 15.0 Å². The lowest BCUT2D eigenvalue weighted by Crippen LogP contribution is -1.97. The van der Waals surface area contributed by atoms with Crippen molar-refractivity contribution in [3.63, 3.8) is 0 Å². The first-order valence-electron chi connectivity index (χ1n) is 3.75. The SMILES string of the molecule is Cc1cn(-c2nccc(Br)n2)cn1. The Balaban J connectivity index is 2.46. The maximum Gasteiger partial charge on any atom is 0.235 e. The Morgan fingerprint density at radius 1 is 1.38 bits per heavy atom. The fourth-order valence-electron chi connectivity index (χ4n) is 0.982. The molecule has 2 rings (SSSR count). The first kappa shape index (κ1) is 8.37. The van der Waals surface area contributed by atoms with E-state index in [-0.39, 0.29) is 0 Å². The normalized spacial score (nSPS) is 10.3. The lowest BCUT2D eigenvalue weighted by Gasteiger charge is -1.98. The Morgan fingerprint density at radius 3 is 2.85 bits per heavy atom. The van der Waals surface area contributed by atoms with Crippen LogP contribution in [0.3, 0.4) is 0 Å². The smallest absolute Gasteiger partial charge is 0.235 e. The number of hydrogen-bond donors (Lipinski definition) is 0. The second kappa shape index (κ2) is 3.26. The van der Waals surface area contributed by atoms with Crippen molar-refractivity contribution >= 4 is 15.9 Å². The molecular formula is C8H7BrN4. The Morgan fingerprint density at radius 2 is 2.23 bits per heavy atom. The van der Waals surface area contributed by atoms with E-state index >= 15 is 0 Å². The van der Waals surface area contributed by atoms with E-state index in [1.807, 2.05) is 13.1 Å². The molecule has 2 aromatic heterocycles. The third-order valence-electron chi connectivity index (χ3n) is 1.55. The van der Waals surface area contributed by atoms with Gasteiger partial charge in [-0.15, -0.1) is 0 Å². The molecular weight excluding hydrogens is 232 g/mol. The van der Waals surface area contributed by atoms with E-state index in [0.717, 1.165) is 10.3 Å². The summed E-state index contributed by atoms with van der Waals surface area (Å²) in [6.45, 7) is 1.93. The molecule has 0 atom stereocenters. The molecule has 13 heavy (non-hydrogen) atoms. The van der Waals surface area contributed by atoms with Crippen LogP contribution >= 0.6 is 15.9 Å². The van der Waals surface area contributed by atoms with Crippen LogP contribution in [0.5, 0.6) is 0 Å². The summed E-state index contributed by atoms with van der Waals surface area (Å²) in [6.07, 6.45) is 5.26. The summed E-state index contributed by atoms with van der Waals surface area (Å²) in [5.74, 6) is 0.620. The largest absolute Gasteiger partial charge is 0.274 e. The van der Waals surface area contributed by atoms with Crippen LogP contribution in [0.1, 0.15) is 5.69 Å². The molecule has 0 aliphatic heterocycles. The van der Waals surface area contributed by atoms with Gasteiger partial charge in [-0.2, -0.15) is 0 Å². The molecule has 2 heterocycles. The highest BCUT2D eigenvalue weighted by molar-refractivity contribution is 9.10. The average Bonchev–Trinajstić information content (AvgIpc) is 2.52. The summed E-state index contributed by atoms with van der Waals surface area (Å²) in [5, 5.41) is 0. The van der Waals surface area contributed by atoms with E-state index in [9.17, 15) is 0 Å². The van der Waals surface area contributed by atoms with E-state index < -0.39 is 0 Å². The van der Waals surface area contributed by atoms with Crippen molar-refractivity contribution < 1.29 is 0 Å². The molecule has 0 saturated heterocycles. The van der Waals surface area contributed by atoms with Gasteiger partial charge in [0.25, 0.3) is 0 Å². The van der Waals surface area contributed by atoms with Crippen molar-refractivity contribution in [3.8, 4) is 5.95 Å². The highest BCUT2D eigenvalue weighted by atomic mass is 79.9. The van der Waals surface area contributed by atoms with Crippen LogP contribution < -0.4 is 0 Å². The summed E-state index contributed by atoms with van der Waals surface area (Å²) >= 11 is 3.28. The van der Waals surface area contributed by atoms with Crippen molar-refractivity contribution in [2.75, 3.05) is 0 Å². The molecule has 0 unspecified atom stereocenters. The first-order chi connectivity index (χ1) is 6.25. The fourth-order valence-corrected chi connectivity index (χ4v) is 1.26. The quantitative estimate of drug-likeness (QED) is 0.712. The van der Waals surface area contributed by atoms with Gasteiger partial charge in [0.2, 0.25) is 5.95 Å². The van der Waals surface area contributed by atoms with E-state index in [0.29, 0.717) is 5.95 Å². The maximum absolute atomic E-state index is 4.19. The molecule has 0 aliphatic rings. The van der Waals surface area contributed by atoms with Crippen LogP contribution in [0.25, 0.3) is 5.95 Å². The Hall–Kier alpha value is -1.23. The molecule has 0 saturated carbocycles. The summed E-state index contributed by atoms with van der Waals surface area (Å²) in [5.41, 5.74) is 0.948. The topological polar surface area (TPSA) is 43.6 Å². The molecule has 66 valence electrons. The third-order valence-corrected chi connectivity index (χ3v) is 1.99. The average molecular weight is 239 g/mol. The molecule has 2 aromatic rings. The van der Waals surface area contributed by atoms with Crippen molar-refractivity contribution in [3.05, 3.63) is 35.1 Å². The van der Waals surface area contributed by atoms with E-state index in [1.54, 1.807) is 23.2 Å². The number of nitrogens with zero attached hydrogens (tertiary/aromatic N) is 4. The molecule has 0 bridgehead atoms. The summed E-state index contributed by atoms with van der Waals surface area (Å²) in [4.78, 5) is 12.4. The standard InChI is InChI=1S/C8H7BrN4/c1-6-4-13(5-11-6)8-10-3-2-7(9)12-8/h2-5H,1H3. The minimum absolute atomic E-state index is 0.620. The highest BCUT2D eigenvalue weighted by Crippen LogP contribution is 2.07. The zero-order valence-electron chi connectivity index (χ0n) is 6.98. The van der Waals surface area contributed by atoms with Crippen LogP contribution in [0, 0.1) is 6.92 Å². The number of aryl methyl sites for hydroxylation is 1. The van der Waals surface area contributed by atoms with E-state index in [2.05, 4.69) is 30.9 Å². The highest BCUT2D eigenvalue weighted by Gasteiger charge is 2.00. The number of halogens is 1. The first-order valence-corrected chi connectivity index (χ1v) is 4.54. The van der Waals surface area contributed by atoms with Crippen LogP contribution in [-0.4, -0.2) is 19.5 Å². The van der Waals surface area contributed by atoms with Gasteiger partial charge >= 0.3 is 0 Å². The molecule has 0 aromatic carbocycles. The zero-order valence-corrected chi connectivity index (χ0v) is 8.56. The van der Waals surface area contributed by atoms with E-state index in [4.69, 9.17) is 0 Å². The molecule has 4 nitrogen and oxygen atoms in total. The second-order valence-electron chi connectivity index (χ2n) is 2.60. The van der Waals surface area contributed by atoms with Crippen LogP contribution in [0.4, 0.5) is 0 Å². The van der Waals surface area contributed by atoms with Crippen molar-refractivity contribution in [2.24, 2.45) is 0 Å². The Kier molecular flexibility index (Phi) is 2.10. The van der Waals surface area contributed by atoms with Gasteiger partial charge < -0.3 is 0 Å². The molecule has 0 N–H and O–H groups in total. The maximum atomic E-state index is 4.19. The molecule has 0 spiro atoms. The van der Waals surface area contributed by atoms with Gasteiger partial charge in [0, 0.05) is 12.4 Å². The van der Waals surface area contributed by atoms with Gasteiger partial charge in [-0.1, -0.05) is 0 Å². The Labute approximate surface area is 83.8 Å². The van der Waals surface area contributed by atoms with Gasteiger partial charge in [-0.3, -0.25) is 4.57 Å². The van der Waals surface area contributed by atoms with Gasteiger partial charge in [0.1, 0.15) is 10.9 Å². The molecule has 0 aliphatic carbocycles. The zero-order chi connectivity index (χ0) is 9.26. The van der Waals surface area contributed by atoms with Crippen molar-refractivity contribution in [1.29, 1.82) is 0 Å². The number of rotatable bonds is 1. The minimum atomic E-state index is 0.620. The Bertz CT molecular complexity index is 424. The number of hydrogen-bond acceptors (Lipinski definition) is 3. The van der Waals surface area contributed by atoms with Gasteiger partial charge in [0.15, 0.2) is 0 Å². The predicted molar refractivity (Wildman–Crippen MR) is 51.6 cm³/mol. The van der Waals surface area contributed by atoms with Gasteiger partial charge in [-0.05, 0) is 28.9 Å². The third kappa shape index (κ3) is 1.75. The van der Waals surface area contributed by atoms with Crippen LogP contribution in [0.15, 0.2) is 29.4 Å². The number of imidazole rings is 1. The van der Waals surface area contributed by atoms with Crippen molar-refractivity contribution in [2.45, 2.75) is 6.92 Å². The summed E-state index contributed by atoms with van der Waals surface area (Å²) < 4.78 is 2.55. The monoisotopic (exact) mass is 238 g/mol. The van der Waals surface area contributed by atoms with Crippen LogP contribution in [0.2, 0.25) is 0 Å². The predicted octanol–water partition coefficient (Wildman–Crippen LogP) is 1.73. The van der Waals surface area contributed by atoms with Gasteiger partial charge in [0.05, 0.1) is 5.69 Å². The molecule has 0 amide bonds. The van der Waals surface area contributed by atoms with Crippen LogP contribution in [-0.2, 0) is 0 Å². The summed E-state index contributed by atoms with van der Waals surface area (Å²) in [7, 11) is 0. The summed E-state index contributed by atoms with van der Waals surface area (Å²) in [6, 6.07) is 1.79. The number of aromatic nitrogens is 4.